The largest absolute Gasteiger partial charge is 0.493 e. The van der Waals surface area contributed by atoms with Crippen molar-refractivity contribution in [2.24, 2.45) is 5.16 Å². The lowest BCUT2D eigenvalue weighted by Crippen LogP contribution is -2.18. The number of aryl methyl sites for hydroxylation is 3. The molecule has 0 radical (unpaired) electrons. The third-order valence-corrected chi connectivity index (χ3v) is 5.90. The number of carboxylic acids is 1. The third-order valence-electron chi connectivity index (χ3n) is 5.90. The van der Waals surface area contributed by atoms with E-state index < -0.39 is 5.97 Å². The third kappa shape index (κ3) is 7.34. The van der Waals surface area contributed by atoms with Gasteiger partial charge in [-0.2, -0.15) is 0 Å². The normalized spacial score (nSPS) is 12.3. The van der Waals surface area contributed by atoms with Gasteiger partial charge in [0.05, 0.1) is 12.7 Å². The Morgan fingerprint density at radius 1 is 1.06 bits per heavy atom. The van der Waals surface area contributed by atoms with Crippen LogP contribution < -0.4 is 9.47 Å². The highest BCUT2D eigenvalue weighted by molar-refractivity contribution is 6.14. The lowest BCUT2D eigenvalue weighted by Gasteiger charge is -2.19. The van der Waals surface area contributed by atoms with Gasteiger partial charge in [0, 0.05) is 24.0 Å². The zero-order valence-corrected chi connectivity index (χ0v) is 20.5. The van der Waals surface area contributed by atoms with Gasteiger partial charge in [0.1, 0.15) is 17.2 Å². The smallest absolute Gasteiger partial charge is 0.303 e. The Morgan fingerprint density at radius 2 is 1.83 bits per heavy atom. The molecule has 3 aromatic rings. The van der Waals surface area contributed by atoms with Gasteiger partial charge in [-0.1, -0.05) is 54.5 Å². The first-order valence-corrected chi connectivity index (χ1v) is 11.9. The molecule has 0 fully saturated rings. The topological polar surface area (TPSA) is 88.4 Å². The van der Waals surface area contributed by atoms with Crippen molar-refractivity contribution in [3.05, 3.63) is 94.5 Å². The molecule has 0 aliphatic carbocycles. The first-order chi connectivity index (χ1) is 16.9. The molecule has 0 aliphatic rings. The minimum Gasteiger partial charge on any atom is -0.493 e. The SMILES string of the molecule is CCc1ccc(OC(C)CCOc2ccc(CCC(=O)O)c(C)c2)c(/C(=N/O)c2ccccc2)c1. The van der Waals surface area contributed by atoms with Gasteiger partial charge in [0.25, 0.3) is 0 Å². The van der Waals surface area contributed by atoms with Crippen LogP contribution in [0.4, 0.5) is 0 Å². The summed E-state index contributed by atoms with van der Waals surface area (Å²) in [7, 11) is 0. The van der Waals surface area contributed by atoms with E-state index in [1.165, 1.54) is 0 Å². The molecule has 6 nitrogen and oxygen atoms in total. The van der Waals surface area contributed by atoms with E-state index in [0.717, 1.165) is 40.0 Å². The fourth-order valence-corrected chi connectivity index (χ4v) is 3.85. The van der Waals surface area contributed by atoms with Gasteiger partial charge in [0.15, 0.2) is 0 Å². The van der Waals surface area contributed by atoms with Crippen LogP contribution in [-0.2, 0) is 17.6 Å². The fourth-order valence-electron chi connectivity index (χ4n) is 3.85. The number of nitrogens with zero attached hydrogens (tertiary/aromatic N) is 1. The van der Waals surface area contributed by atoms with Gasteiger partial charge in [-0.3, -0.25) is 4.79 Å². The molecular formula is C29H33NO5. The Kier molecular flexibility index (Phi) is 9.30. The summed E-state index contributed by atoms with van der Waals surface area (Å²) in [5.41, 5.74) is 5.19. The van der Waals surface area contributed by atoms with Crippen LogP contribution in [0.15, 0.2) is 71.9 Å². The molecule has 1 unspecified atom stereocenters. The summed E-state index contributed by atoms with van der Waals surface area (Å²) in [5, 5.41) is 22.3. The fraction of sp³-hybridized carbons (Fsp3) is 0.310. The van der Waals surface area contributed by atoms with Gasteiger partial charge < -0.3 is 19.8 Å². The Balaban J connectivity index is 1.64. The number of carboxylic acid groups (broad SMARTS) is 1. The lowest BCUT2D eigenvalue weighted by atomic mass is 9.98. The van der Waals surface area contributed by atoms with Crippen molar-refractivity contribution in [2.75, 3.05) is 6.61 Å². The van der Waals surface area contributed by atoms with E-state index in [1.807, 2.05) is 80.6 Å². The van der Waals surface area contributed by atoms with Crippen LogP contribution in [0.1, 0.15) is 54.5 Å². The average Bonchev–Trinajstić information content (AvgIpc) is 2.85. The summed E-state index contributed by atoms with van der Waals surface area (Å²) in [6.45, 7) is 6.50. The quantitative estimate of drug-likeness (QED) is 0.189. The van der Waals surface area contributed by atoms with Crippen LogP contribution >= 0.6 is 0 Å². The summed E-state index contributed by atoms with van der Waals surface area (Å²) >= 11 is 0. The second-order valence-electron chi connectivity index (χ2n) is 8.55. The highest BCUT2D eigenvalue weighted by Gasteiger charge is 2.17. The van der Waals surface area contributed by atoms with E-state index >= 15 is 0 Å². The molecule has 0 saturated heterocycles. The van der Waals surface area contributed by atoms with Crippen LogP contribution in [0.3, 0.4) is 0 Å². The first kappa shape index (κ1) is 25.8. The predicted molar refractivity (Wildman–Crippen MR) is 137 cm³/mol. The number of ether oxygens (including phenoxy) is 2. The van der Waals surface area contributed by atoms with Gasteiger partial charge in [-0.25, -0.2) is 0 Å². The van der Waals surface area contributed by atoms with E-state index in [0.29, 0.717) is 30.9 Å². The lowest BCUT2D eigenvalue weighted by molar-refractivity contribution is -0.136. The minimum absolute atomic E-state index is 0.115. The van der Waals surface area contributed by atoms with Gasteiger partial charge in [0.2, 0.25) is 0 Å². The zero-order valence-electron chi connectivity index (χ0n) is 20.5. The molecule has 3 aromatic carbocycles. The van der Waals surface area contributed by atoms with Crippen molar-refractivity contribution in [2.45, 2.75) is 52.6 Å². The molecule has 0 aliphatic heterocycles. The average molecular weight is 476 g/mol. The van der Waals surface area contributed by atoms with Crippen molar-refractivity contribution in [1.29, 1.82) is 0 Å². The van der Waals surface area contributed by atoms with Crippen LogP contribution in [0.25, 0.3) is 0 Å². The summed E-state index contributed by atoms with van der Waals surface area (Å²) in [4.78, 5) is 10.8. The standard InChI is InChI=1S/C29H33NO5/c1-4-22-10-14-27(26(19-22)29(30-33)24-8-6-5-7-9-24)35-21(3)16-17-34-25-13-11-23(20(2)18-25)12-15-28(31)32/h5-11,13-14,18-19,21,33H,4,12,15-17H2,1-3H3,(H,31,32)/b30-29+. The summed E-state index contributed by atoms with van der Waals surface area (Å²) < 4.78 is 12.2. The number of benzene rings is 3. The van der Waals surface area contributed by atoms with Gasteiger partial charge >= 0.3 is 5.97 Å². The molecule has 6 heteroatoms. The number of oxime groups is 1. The predicted octanol–water partition coefficient (Wildman–Crippen LogP) is 6.04. The maximum absolute atomic E-state index is 10.8. The Morgan fingerprint density at radius 3 is 2.49 bits per heavy atom. The van der Waals surface area contributed by atoms with E-state index in [9.17, 15) is 10.0 Å². The molecule has 0 aromatic heterocycles. The molecule has 2 N–H and O–H groups in total. The van der Waals surface area contributed by atoms with Crippen molar-refractivity contribution >= 4 is 11.7 Å². The molecule has 0 spiro atoms. The molecule has 0 bridgehead atoms. The number of carbonyl (C=O) groups is 1. The summed E-state index contributed by atoms with van der Waals surface area (Å²) in [6, 6.07) is 21.3. The van der Waals surface area contributed by atoms with E-state index in [1.54, 1.807) is 0 Å². The first-order valence-electron chi connectivity index (χ1n) is 11.9. The van der Waals surface area contributed by atoms with Crippen LogP contribution in [-0.4, -0.2) is 34.7 Å². The van der Waals surface area contributed by atoms with Crippen molar-refractivity contribution in [3.8, 4) is 11.5 Å². The maximum Gasteiger partial charge on any atom is 0.303 e. The molecule has 1 atom stereocenters. The van der Waals surface area contributed by atoms with Crippen molar-refractivity contribution in [1.82, 2.24) is 0 Å². The van der Waals surface area contributed by atoms with Crippen molar-refractivity contribution in [3.63, 3.8) is 0 Å². The summed E-state index contributed by atoms with van der Waals surface area (Å²) in [5.74, 6) is 0.609. The van der Waals surface area contributed by atoms with Crippen LogP contribution in [0.2, 0.25) is 0 Å². The van der Waals surface area contributed by atoms with Gasteiger partial charge in [-0.15, -0.1) is 0 Å². The summed E-state index contributed by atoms with van der Waals surface area (Å²) in [6.07, 6.45) is 2.01. The van der Waals surface area contributed by atoms with E-state index in [-0.39, 0.29) is 12.5 Å². The number of aliphatic carboxylic acids is 1. The zero-order chi connectivity index (χ0) is 25.2. The van der Waals surface area contributed by atoms with Crippen LogP contribution in [0.5, 0.6) is 11.5 Å². The Bertz CT molecular complexity index is 1160. The number of hydrogen-bond donors (Lipinski definition) is 2. The van der Waals surface area contributed by atoms with E-state index in [2.05, 4.69) is 12.1 Å². The van der Waals surface area contributed by atoms with E-state index in [4.69, 9.17) is 14.6 Å². The monoisotopic (exact) mass is 475 g/mol. The molecule has 35 heavy (non-hydrogen) atoms. The number of hydrogen-bond acceptors (Lipinski definition) is 5. The highest BCUT2D eigenvalue weighted by Crippen LogP contribution is 2.26. The Hall–Kier alpha value is -3.80. The molecule has 0 heterocycles. The molecule has 3 rings (SSSR count). The number of rotatable bonds is 12. The highest BCUT2D eigenvalue weighted by atomic mass is 16.5. The molecular weight excluding hydrogens is 442 g/mol. The van der Waals surface area contributed by atoms with Gasteiger partial charge in [-0.05, 0) is 67.6 Å². The second kappa shape index (κ2) is 12.6. The minimum atomic E-state index is -0.799. The molecule has 0 amide bonds. The second-order valence-corrected chi connectivity index (χ2v) is 8.55. The maximum atomic E-state index is 10.8. The Labute approximate surface area is 206 Å². The van der Waals surface area contributed by atoms with Crippen LogP contribution in [0, 0.1) is 6.92 Å². The molecule has 0 saturated carbocycles. The van der Waals surface area contributed by atoms with Crippen molar-refractivity contribution < 1.29 is 24.6 Å². The molecule has 184 valence electrons.